The van der Waals surface area contributed by atoms with Gasteiger partial charge < -0.3 is 4.74 Å². The van der Waals surface area contributed by atoms with Gasteiger partial charge in [0.25, 0.3) is 0 Å². The van der Waals surface area contributed by atoms with E-state index < -0.39 is 0 Å². The zero-order valence-electron chi connectivity index (χ0n) is 11.0. The summed E-state index contributed by atoms with van der Waals surface area (Å²) in [4.78, 5) is 0. The highest BCUT2D eigenvalue weighted by molar-refractivity contribution is 5.73. The Hall–Kier alpha value is -2.28. The minimum Gasteiger partial charge on any atom is -0.493 e. The number of H-pyrrole nitrogens is 1. The van der Waals surface area contributed by atoms with E-state index in [0.29, 0.717) is 24.6 Å². The quantitative estimate of drug-likeness (QED) is 0.849. The Bertz CT molecular complexity index is 665. The Morgan fingerprint density at radius 1 is 1.42 bits per heavy atom. The molecule has 4 nitrogen and oxygen atoms in total. The van der Waals surface area contributed by atoms with Crippen LogP contribution in [0.5, 0.6) is 5.75 Å². The lowest BCUT2D eigenvalue weighted by molar-refractivity contribution is 0.326. The fraction of sp³-hybridized carbons (Fsp3) is 0.333. The van der Waals surface area contributed by atoms with Crippen molar-refractivity contribution in [1.29, 1.82) is 5.26 Å². The Labute approximate surface area is 112 Å². The minimum atomic E-state index is 0.454. The van der Waals surface area contributed by atoms with E-state index in [0.717, 1.165) is 22.6 Å². The first-order valence-corrected chi connectivity index (χ1v) is 6.45. The van der Waals surface area contributed by atoms with Gasteiger partial charge in [-0.2, -0.15) is 10.4 Å². The van der Waals surface area contributed by atoms with Crippen molar-refractivity contribution in [2.45, 2.75) is 26.2 Å². The molecule has 0 fully saturated rings. The second-order valence-corrected chi connectivity index (χ2v) is 5.05. The molecule has 0 atom stereocenters. The summed E-state index contributed by atoms with van der Waals surface area (Å²) in [7, 11) is 0. The van der Waals surface area contributed by atoms with Crippen LogP contribution in [0.2, 0.25) is 0 Å². The molecule has 0 aliphatic carbocycles. The summed E-state index contributed by atoms with van der Waals surface area (Å²) < 4.78 is 5.77. The van der Waals surface area contributed by atoms with E-state index in [-0.39, 0.29) is 0 Å². The largest absolute Gasteiger partial charge is 0.493 e. The van der Waals surface area contributed by atoms with Crippen molar-refractivity contribution in [3.63, 3.8) is 0 Å². The zero-order valence-corrected chi connectivity index (χ0v) is 11.0. The van der Waals surface area contributed by atoms with Crippen molar-refractivity contribution < 1.29 is 4.74 Å². The van der Waals surface area contributed by atoms with E-state index in [4.69, 9.17) is 10.00 Å². The molecule has 1 aliphatic rings. The molecule has 19 heavy (non-hydrogen) atoms. The Kier molecular flexibility index (Phi) is 2.75. The van der Waals surface area contributed by atoms with Crippen LogP contribution in [0.15, 0.2) is 18.2 Å². The number of hydrogen-bond donors (Lipinski definition) is 1. The molecule has 0 amide bonds. The van der Waals surface area contributed by atoms with Gasteiger partial charge in [0, 0.05) is 17.5 Å². The van der Waals surface area contributed by atoms with Gasteiger partial charge in [0.05, 0.1) is 12.3 Å². The van der Waals surface area contributed by atoms with Gasteiger partial charge in [-0.05, 0) is 23.6 Å². The van der Waals surface area contributed by atoms with Crippen LogP contribution in [-0.2, 0) is 6.42 Å². The maximum atomic E-state index is 9.09. The van der Waals surface area contributed by atoms with Crippen molar-refractivity contribution in [3.8, 4) is 23.1 Å². The zero-order chi connectivity index (χ0) is 13.4. The summed E-state index contributed by atoms with van der Waals surface area (Å²) >= 11 is 0. The first kappa shape index (κ1) is 11.8. The van der Waals surface area contributed by atoms with E-state index in [1.54, 1.807) is 0 Å². The molecule has 4 heteroatoms. The van der Waals surface area contributed by atoms with Crippen LogP contribution in [0.25, 0.3) is 11.3 Å². The van der Waals surface area contributed by atoms with Crippen molar-refractivity contribution in [1.82, 2.24) is 10.2 Å². The maximum Gasteiger partial charge on any atom is 0.166 e. The van der Waals surface area contributed by atoms with Gasteiger partial charge in [-0.15, -0.1) is 0 Å². The van der Waals surface area contributed by atoms with Crippen LogP contribution in [0, 0.1) is 11.3 Å². The third-order valence-electron chi connectivity index (χ3n) is 3.52. The lowest BCUT2D eigenvalue weighted by Crippen LogP contribution is -1.99. The molecule has 1 N–H and O–H groups in total. The van der Waals surface area contributed by atoms with Gasteiger partial charge in [0.1, 0.15) is 11.8 Å². The molecule has 0 spiro atoms. The Morgan fingerprint density at radius 3 is 3.00 bits per heavy atom. The maximum absolute atomic E-state index is 9.09. The lowest BCUT2D eigenvalue weighted by Gasteiger charge is -2.11. The Balaban J connectivity index is 2.21. The first-order chi connectivity index (χ1) is 9.20. The number of nitriles is 1. The molecule has 0 saturated heterocycles. The van der Waals surface area contributed by atoms with E-state index in [2.05, 4.69) is 42.2 Å². The summed E-state index contributed by atoms with van der Waals surface area (Å²) in [6, 6.07) is 8.36. The van der Waals surface area contributed by atoms with Crippen LogP contribution in [0.1, 0.15) is 36.6 Å². The first-order valence-electron chi connectivity index (χ1n) is 6.45. The summed E-state index contributed by atoms with van der Waals surface area (Å²) in [5.74, 6) is 1.31. The minimum absolute atomic E-state index is 0.454. The van der Waals surface area contributed by atoms with Crippen LogP contribution >= 0.6 is 0 Å². The Morgan fingerprint density at radius 2 is 2.26 bits per heavy atom. The smallest absolute Gasteiger partial charge is 0.166 e. The van der Waals surface area contributed by atoms with Gasteiger partial charge in [-0.3, -0.25) is 5.10 Å². The molecule has 0 unspecified atom stereocenters. The summed E-state index contributed by atoms with van der Waals surface area (Å²) in [6.07, 6.45) is 0.709. The average Bonchev–Trinajstić information content (AvgIpc) is 2.73. The second-order valence-electron chi connectivity index (χ2n) is 5.05. The van der Waals surface area contributed by atoms with Gasteiger partial charge in [0.15, 0.2) is 5.69 Å². The number of hydrogen-bond acceptors (Lipinski definition) is 3. The molecular formula is C15H15N3O. The van der Waals surface area contributed by atoms with Gasteiger partial charge in [-0.25, -0.2) is 0 Å². The molecule has 96 valence electrons. The van der Waals surface area contributed by atoms with E-state index in [9.17, 15) is 0 Å². The standard InChI is InChI=1S/C15H15N3O/c1-9(2)10-3-4-14-12(7-10)15-11(5-6-19-14)13(8-16)17-18-15/h3-4,7,9H,5-6H2,1-2H3,(H,17,18). The highest BCUT2D eigenvalue weighted by atomic mass is 16.5. The normalized spacial score (nSPS) is 13.2. The van der Waals surface area contributed by atoms with Crippen molar-refractivity contribution in [3.05, 3.63) is 35.0 Å². The van der Waals surface area contributed by atoms with Gasteiger partial charge in [-0.1, -0.05) is 19.9 Å². The van der Waals surface area contributed by atoms with Crippen LogP contribution in [-0.4, -0.2) is 16.8 Å². The predicted molar refractivity (Wildman–Crippen MR) is 72.0 cm³/mol. The van der Waals surface area contributed by atoms with Crippen LogP contribution in [0.3, 0.4) is 0 Å². The molecule has 1 aliphatic heterocycles. The SMILES string of the molecule is CC(C)c1ccc2c(c1)-c1[nH]nc(C#N)c1CCO2. The molecular weight excluding hydrogens is 238 g/mol. The van der Waals surface area contributed by atoms with E-state index in [1.807, 2.05) is 6.07 Å². The number of fused-ring (bicyclic) bond motifs is 3. The van der Waals surface area contributed by atoms with Crippen molar-refractivity contribution >= 4 is 0 Å². The van der Waals surface area contributed by atoms with Crippen LogP contribution in [0.4, 0.5) is 0 Å². The molecule has 1 aromatic carbocycles. The van der Waals surface area contributed by atoms with E-state index in [1.165, 1.54) is 5.56 Å². The van der Waals surface area contributed by atoms with Gasteiger partial charge in [0.2, 0.25) is 0 Å². The monoisotopic (exact) mass is 253 g/mol. The number of aromatic amines is 1. The summed E-state index contributed by atoms with van der Waals surface area (Å²) in [5, 5.41) is 16.2. The molecule has 2 heterocycles. The van der Waals surface area contributed by atoms with Crippen LogP contribution < -0.4 is 4.74 Å². The second kappa shape index (κ2) is 4.43. The fourth-order valence-corrected chi connectivity index (χ4v) is 2.41. The molecule has 0 saturated carbocycles. The number of nitrogens with one attached hydrogen (secondary N) is 1. The molecule has 0 bridgehead atoms. The molecule has 2 aromatic rings. The molecule has 3 rings (SSSR count). The topological polar surface area (TPSA) is 61.7 Å². The summed E-state index contributed by atoms with van der Waals surface area (Å²) in [6.45, 7) is 4.90. The third-order valence-corrected chi connectivity index (χ3v) is 3.52. The molecule has 1 aromatic heterocycles. The fourth-order valence-electron chi connectivity index (χ4n) is 2.41. The highest BCUT2D eigenvalue weighted by Gasteiger charge is 2.21. The molecule has 0 radical (unpaired) electrons. The van der Waals surface area contributed by atoms with Gasteiger partial charge >= 0.3 is 0 Å². The third kappa shape index (κ3) is 1.88. The average molecular weight is 253 g/mol. The summed E-state index contributed by atoms with van der Waals surface area (Å²) in [5.41, 5.74) is 4.62. The van der Waals surface area contributed by atoms with Crippen molar-refractivity contribution in [2.75, 3.05) is 6.61 Å². The number of aromatic nitrogens is 2. The van der Waals surface area contributed by atoms with Crippen molar-refractivity contribution in [2.24, 2.45) is 0 Å². The number of rotatable bonds is 1. The highest BCUT2D eigenvalue weighted by Crippen LogP contribution is 2.36. The number of ether oxygens (including phenoxy) is 1. The van der Waals surface area contributed by atoms with E-state index >= 15 is 0 Å². The predicted octanol–water partition coefficient (Wildman–Crippen LogP) is 3.01. The number of benzene rings is 1. The lowest BCUT2D eigenvalue weighted by atomic mass is 9.97. The number of nitrogens with zero attached hydrogens (tertiary/aromatic N) is 2.